The van der Waals surface area contributed by atoms with Crippen molar-refractivity contribution in [3.05, 3.63) is 53.1 Å². The second kappa shape index (κ2) is 2.99. The van der Waals surface area contributed by atoms with Gasteiger partial charge in [0.1, 0.15) is 5.03 Å². The van der Waals surface area contributed by atoms with Crippen LogP contribution >= 0.6 is 0 Å². The third kappa shape index (κ3) is 1.24. The molecule has 72 valence electrons. The van der Waals surface area contributed by atoms with Crippen molar-refractivity contribution in [3.8, 4) is 0 Å². The van der Waals surface area contributed by atoms with E-state index >= 15 is 0 Å². The summed E-state index contributed by atoms with van der Waals surface area (Å²) in [6.45, 7) is 0. The molecule has 0 radical (unpaired) electrons. The molecular weight excluding hydrogens is 198 g/mol. The Morgan fingerprint density at radius 1 is 1.00 bits per heavy atom. The zero-order valence-corrected chi connectivity index (χ0v) is 8.16. The number of rotatable bonds is 1. The van der Waals surface area contributed by atoms with Gasteiger partial charge in [-0.15, -0.1) is 0 Å². The van der Waals surface area contributed by atoms with Gasteiger partial charge >= 0.3 is 0 Å². The van der Waals surface area contributed by atoms with E-state index in [-0.39, 0.29) is 9.93 Å². The topological polar surface area (TPSA) is 60.2 Å². The molecule has 0 bridgehead atoms. The normalized spacial score (nSPS) is 18.9. The van der Waals surface area contributed by atoms with Crippen LogP contribution in [0.2, 0.25) is 0 Å². The van der Waals surface area contributed by atoms with Gasteiger partial charge in [-0.05, 0) is 17.7 Å². The molecule has 0 aromatic heterocycles. The molecular formula is C10H9NO2S. The Kier molecular flexibility index (Phi) is 1.93. The van der Waals surface area contributed by atoms with Gasteiger partial charge in [0.15, 0.2) is 0 Å². The van der Waals surface area contributed by atoms with E-state index in [4.69, 9.17) is 5.73 Å². The van der Waals surface area contributed by atoms with Crippen molar-refractivity contribution in [2.75, 3.05) is 0 Å². The van der Waals surface area contributed by atoms with Crippen LogP contribution in [0, 0.1) is 0 Å². The van der Waals surface area contributed by atoms with E-state index in [1.54, 1.807) is 24.3 Å². The highest BCUT2D eigenvalue weighted by Gasteiger charge is 2.25. The fourth-order valence-electron chi connectivity index (χ4n) is 1.32. The van der Waals surface area contributed by atoms with E-state index in [1.807, 2.05) is 6.07 Å². The minimum absolute atomic E-state index is 0.0867. The van der Waals surface area contributed by atoms with Crippen molar-refractivity contribution in [2.45, 2.75) is 0 Å². The largest absolute Gasteiger partial charge is 0.389 e. The molecule has 3 nitrogen and oxygen atoms in total. The second-order valence-corrected chi connectivity index (χ2v) is 4.89. The summed E-state index contributed by atoms with van der Waals surface area (Å²) in [6, 6.07) is 8.91. The van der Waals surface area contributed by atoms with E-state index in [1.165, 1.54) is 12.2 Å². The predicted molar refractivity (Wildman–Crippen MR) is 55.6 cm³/mol. The molecule has 0 fully saturated rings. The summed E-state index contributed by atoms with van der Waals surface area (Å²) < 4.78 is 23.3. The van der Waals surface area contributed by atoms with Gasteiger partial charge in [-0.1, -0.05) is 30.3 Å². The van der Waals surface area contributed by atoms with Crippen LogP contribution in [-0.2, 0) is 9.84 Å². The van der Waals surface area contributed by atoms with Crippen LogP contribution in [0.1, 0.15) is 5.56 Å². The zero-order valence-electron chi connectivity index (χ0n) is 7.34. The Bertz CT molecular complexity index is 512. The summed E-state index contributed by atoms with van der Waals surface area (Å²) in [6.07, 6.45) is 2.94. The Hall–Kier alpha value is -1.55. The lowest BCUT2D eigenvalue weighted by Crippen LogP contribution is -2.09. The number of nitrogens with two attached hydrogens (primary N) is 1. The van der Waals surface area contributed by atoms with E-state index in [2.05, 4.69) is 0 Å². The molecule has 1 aromatic rings. The van der Waals surface area contributed by atoms with E-state index < -0.39 is 9.84 Å². The predicted octanol–water partition coefficient (Wildman–Crippen LogP) is 1.26. The van der Waals surface area contributed by atoms with Crippen LogP contribution in [0.3, 0.4) is 0 Å². The lowest BCUT2D eigenvalue weighted by atomic mass is 10.2. The molecule has 1 heterocycles. The zero-order chi connectivity index (χ0) is 10.2. The van der Waals surface area contributed by atoms with Gasteiger partial charge in [-0.25, -0.2) is 8.42 Å². The maximum atomic E-state index is 11.6. The van der Waals surface area contributed by atoms with Crippen molar-refractivity contribution in [1.82, 2.24) is 0 Å². The highest BCUT2D eigenvalue weighted by atomic mass is 32.2. The third-order valence-electron chi connectivity index (χ3n) is 2.06. The minimum Gasteiger partial charge on any atom is -0.389 e. The first-order chi connectivity index (χ1) is 6.62. The molecule has 0 amide bonds. The van der Waals surface area contributed by atoms with E-state index in [0.29, 0.717) is 5.56 Å². The number of benzene rings is 1. The molecule has 2 rings (SSSR count). The van der Waals surface area contributed by atoms with Crippen LogP contribution in [0.5, 0.6) is 0 Å². The first kappa shape index (κ1) is 9.02. The summed E-state index contributed by atoms with van der Waals surface area (Å²) in [4.78, 5) is 0.274. The SMILES string of the molecule is NC1=CC=C(c2ccccc2)S1(=O)=O. The number of hydrogen-bond donors (Lipinski definition) is 1. The van der Waals surface area contributed by atoms with Gasteiger partial charge in [0.05, 0.1) is 4.91 Å². The lowest BCUT2D eigenvalue weighted by molar-refractivity contribution is 0.611. The molecule has 0 atom stereocenters. The van der Waals surface area contributed by atoms with E-state index in [0.717, 1.165) is 0 Å². The summed E-state index contributed by atoms with van der Waals surface area (Å²) in [5.41, 5.74) is 6.03. The molecule has 0 unspecified atom stereocenters. The first-order valence-corrected chi connectivity index (χ1v) is 5.58. The fraction of sp³-hybridized carbons (Fsp3) is 0. The van der Waals surface area contributed by atoms with Crippen LogP contribution in [-0.4, -0.2) is 8.42 Å². The summed E-state index contributed by atoms with van der Waals surface area (Å²) in [5.74, 6) is 0. The standard InChI is InChI=1S/C10H9NO2S/c11-10-7-6-9(14(10,12)13)8-4-2-1-3-5-8/h1-7H,11H2. The molecule has 0 saturated carbocycles. The lowest BCUT2D eigenvalue weighted by Gasteiger charge is -2.03. The van der Waals surface area contributed by atoms with Gasteiger partial charge in [0, 0.05) is 0 Å². The van der Waals surface area contributed by atoms with Crippen LogP contribution in [0.15, 0.2) is 47.5 Å². The van der Waals surface area contributed by atoms with Crippen LogP contribution in [0.25, 0.3) is 4.91 Å². The van der Waals surface area contributed by atoms with Crippen molar-refractivity contribution in [2.24, 2.45) is 5.73 Å². The molecule has 1 aliphatic heterocycles. The third-order valence-corrected chi connectivity index (χ3v) is 3.76. The maximum Gasteiger partial charge on any atom is 0.221 e. The average Bonchev–Trinajstić information content (AvgIpc) is 2.44. The molecule has 1 aliphatic rings. The summed E-state index contributed by atoms with van der Waals surface area (Å²) >= 11 is 0. The molecule has 0 spiro atoms. The van der Waals surface area contributed by atoms with E-state index in [9.17, 15) is 8.42 Å². The molecule has 0 aliphatic carbocycles. The quantitative estimate of drug-likeness (QED) is 0.754. The maximum absolute atomic E-state index is 11.6. The first-order valence-electron chi connectivity index (χ1n) is 4.10. The molecule has 0 saturated heterocycles. The number of sulfone groups is 1. The van der Waals surface area contributed by atoms with Gasteiger partial charge in [0.2, 0.25) is 9.84 Å². The fourth-order valence-corrected chi connectivity index (χ4v) is 2.51. The average molecular weight is 207 g/mol. The van der Waals surface area contributed by atoms with Crippen molar-refractivity contribution in [3.63, 3.8) is 0 Å². The van der Waals surface area contributed by atoms with Gasteiger partial charge < -0.3 is 5.73 Å². The highest BCUT2D eigenvalue weighted by Crippen LogP contribution is 2.29. The van der Waals surface area contributed by atoms with Crippen molar-refractivity contribution >= 4 is 14.7 Å². The summed E-state index contributed by atoms with van der Waals surface area (Å²) in [7, 11) is -3.42. The molecule has 14 heavy (non-hydrogen) atoms. The molecule has 2 N–H and O–H groups in total. The van der Waals surface area contributed by atoms with Gasteiger partial charge in [0.25, 0.3) is 0 Å². The Balaban J connectivity index is 2.53. The Morgan fingerprint density at radius 2 is 1.64 bits per heavy atom. The van der Waals surface area contributed by atoms with Gasteiger partial charge in [-0.3, -0.25) is 0 Å². The molecule has 4 heteroatoms. The molecule has 1 aromatic carbocycles. The van der Waals surface area contributed by atoms with Crippen LogP contribution < -0.4 is 5.73 Å². The van der Waals surface area contributed by atoms with Crippen molar-refractivity contribution in [1.29, 1.82) is 0 Å². The minimum atomic E-state index is -3.42. The summed E-state index contributed by atoms with van der Waals surface area (Å²) in [5, 5.41) is -0.0867. The van der Waals surface area contributed by atoms with Crippen LogP contribution in [0.4, 0.5) is 0 Å². The smallest absolute Gasteiger partial charge is 0.221 e. The number of hydrogen-bond acceptors (Lipinski definition) is 3. The Labute approximate surface area is 82.5 Å². The monoisotopic (exact) mass is 207 g/mol. The van der Waals surface area contributed by atoms with Crippen molar-refractivity contribution < 1.29 is 8.42 Å². The van der Waals surface area contributed by atoms with Gasteiger partial charge in [-0.2, -0.15) is 0 Å². The Morgan fingerprint density at radius 3 is 2.14 bits per heavy atom. The second-order valence-electron chi connectivity index (χ2n) is 2.97. The number of allylic oxidation sites excluding steroid dienone is 2. The highest BCUT2D eigenvalue weighted by molar-refractivity contribution is 8.04.